The Hall–Kier alpha value is -2.21. The molecule has 0 spiro atoms. The van der Waals surface area contributed by atoms with E-state index < -0.39 is 6.04 Å². The second kappa shape index (κ2) is 7.70. The van der Waals surface area contributed by atoms with Crippen molar-refractivity contribution in [3.63, 3.8) is 0 Å². The second-order valence-corrected chi connectivity index (χ2v) is 5.11. The van der Waals surface area contributed by atoms with Crippen LogP contribution >= 0.6 is 0 Å². The molecule has 2 rings (SSSR count). The summed E-state index contributed by atoms with van der Waals surface area (Å²) in [5, 5.41) is 13.7. The molecule has 2 aromatic carbocycles. The minimum absolute atomic E-state index is 0.205. The molecule has 0 aliphatic heterocycles. The molecule has 2 aromatic rings. The zero-order valence-electron chi connectivity index (χ0n) is 12.5. The molecule has 1 atom stereocenters. The summed E-state index contributed by atoms with van der Waals surface area (Å²) in [4.78, 5) is 12.1. The molecular weight excluding hydrogens is 278 g/mol. The van der Waals surface area contributed by atoms with E-state index in [1.54, 1.807) is 0 Å². The average Bonchev–Trinajstić information content (AvgIpc) is 2.57. The molecule has 0 aliphatic rings. The lowest BCUT2D eigenvalue weighted by molar-refractivity contribution is -0.133. The fraction of sp³-hybridized carbons (Fsp3) is 0.235. The molecule has 0 heterocycles. The van der Waals surface area contributed by atoms with Gasteiger partial charge >= 0.3 is 0 Å². The van der Waals surface area contributed by atoms with Crippen LogP contribution in [0.1, 0.15) is 17.2 Å². The number of rotatable bonds is 6. The van der Waals surface area contributed by atoms with Crippen LogP contribution < -0.4 is 11.2 Å². The quantitative estimate of drug-likeness (QED) is 0.423. The first kappa shape index (κ1) is 16.2. The van der Waals surface area contributed by atoms with Crippen molar-refractivity contribution in [1.82, 2.24) is 10.3 Å². The van der Waals surface area contributed by atoms with Crippen LogP contribution in [-0.2, 0) is 4.79 Å². The van der Waals surface area contributed by atoms with Gasteiger partial charge in [-0.3, -0.25) is 15.1 Å². The Kier molecular flexibility index (Phi) is 5.66. The zero-order chi connectivity index (χ0) is 15.9. The summed E-state index contributed by atoms with van der Waals surface area (Å²) in [5.41, 5.74) is 2.03. The first-order valence-electron chi connectivity index (χ1n) is 7.12. The normalized spacial score (nSPS) is 12.2. The maximum Gasteiger partial charge on any atom is 0.255 e. The van der Waals surface area contributed by atoms with Crippen LogP contribution in [0.15, 0.2) is 60.7 Å². The highest BCUT2D eigenvalue weighted by Crippen LogP contribution is 2.22. The van der Waals surface area contributed by atoms with E-state index in [-0.39, 0.29) is 18.6 Å². The molecular formula is C17H21N3O2. The minimum atomic E-state index is -0.764. The largest absolute Gasteiger partial charge is 0.394 e. The fourth-order valence-corrected chi connectivity index (χ4v) is 2.32. The highest BCUT2D eigenvalue weighted by molar-refractivity contribution is 5.81. The van der Waals surface area contributed by atoms with Gasteiger partial charge in [0.05, 0.1) is 12.6 Å². The molecule has 0 unspecified atom stereocenters. The number of benzene rings is 2. The SMILES string of the molecule is CN(N)C(=O)[C@@H](CO)NC(c1ccccc1)c1ccccc1. The van der Waals surface area contributed by atoms with Crippen molar-refractivity contribution in [1.29, 1.82) is 0 Å². The third-order valence-corrected chi connectivity index (χ3v) is 3.46. The van der Waals surface area contributed by atoms with Gasteiger partial charge in [-0.15, -0.1) is 0 Å². The topological polar surface area (TPSA) is 78.6 Å². The summed E-state index contributed by atoms with van der Waals surface area (Å²) in [6, 6.07) is 18.6. The molecule has 4 N–H and O–H groups in total. The molecule has 1 amide bonds. The Morgan fingerprint density at radius 3 is 1.91 bits per heavy atom. The average molecular weight is 299 g/mol. The van der Waals surface area contributed by atoms with Crippen molar-refractivity contribution in [3.05, 3.63) is 71.8 Å². The van der Waals surface area contributed by atoms with Crippen LogP contribution in [0.5, 0.6) is 0 Å². The summed E-state index contributed by atoms with van der Waals surface area (Å²) in [7, 11) is 1.46. The number of carbonyl (C=O) groups is 1. The van der Waals surface area contributed by atoms with Gasteiger partial charge in [-0.05, 0) is 11.1 Å². The molecule has 5 nitrogen and oxygen atoms in total. The van der Waals surface area contributed by atoms with E-state index in [0.29, 0.717) is 0 Å². The van der Waals surface area contributed by atoms with Crippen molar-refractivity contribution < 1.29 is 9.90 Å². The molecule has 0 saturated heterocycles. The number of aliphatic hydroxyl groups excluding tert-OH is 1. The lowest BCUT2D eigenvalue weighted by atomic mass is 9.97. The Morgan fingerprint density at radius 2 is 1.55 bits per heavy atom. The third-order valence-electron chi connectivity index (χ3n) is 3.46. The Labute approximate surface area is 130 Å². The van der Waals surface area contributed by atoms with Crippen LogP contribution in [0.2, 0.25) is 0 Å². The number of carbonyl (C=O) groups excluding carboxylic acids is 1. The first-order chi connectivity index (χ1) is 10.6. The van der Waals surface area contributed by atoms with Crippen LogP contribution in [0.3, 0.4) is 0 Å². The van der Waals surface area contributed by atoms with E-state index in [0.717, 1.165) is 16.1 Å². The number of nitrogens with zero attached hydrogens (tertiary/aromatic N) is 1. The Balaban J connectivity index is 2.31. The van der Waals surface area contributed by atoms with E-state index >= 15 is 0 Å². The molecule has 0 aliphatic carbocycles. The van der Waals surface area contributed by atoms with Crippen molar-refractivity contribution in [2.75, 3.05) is 13.7 Å². The van der Waals surface area contributed by atoms with Gasteiger partial charge in [-0.25, -0.2) is 5.84 Å². The second-order valence-electron chi connectivity index (χ2n) is 5.11. The number of hydrazine groups is 1. The van der Waals surface area contributed by atoms with E-state index in [2.05, 4.69) is 5.32 Å². The summed E-state index contributed by atoms with van der Waals surface area (Å²) in [6.45, 7) is -0.323. The summed E-state index contributed by atoms with van der Waals surface area (Å²) in [5.74, 6) is 5.14. The van der Waals surface area contributed by atoms with E-state index in [4.69, 9.17) is 5.84 Å². The van der Waals surface area contributed by atoms with Crippen LogP contribution in [-0.4, -0.2) is 35.7 Å². The highest BCUT2D eigenvalue weighted by atomic mass is 16.3. The number of hydrogen-bond acceptors (Lipinski definition) is 4. The smallest absolute Gasteiger partial charge is 0.255 e. The summed E-state index contributed by atoms with van der Waals surface area (Å²) >= 11 is 0. The molecule has 22 heavy (non-hydrogen) atoms. The standard InChI is InChI=1S/C17H21N3O2/c1-20(18)17(22)15(12-21)19-16(13-8-4-2-5-9-13)14-10-6-3-7-11-14/h2-11,15-16,19,21H,12,18H2,1H3/t15-/m1/s1. The van der Waals surface area contributed by atoms with Crippen LogP contribution in [0.4, 0.5) is 0 Å². The molecule has 0 radical (unpaired) electrons. The van der Waals surface area contributed by atoms with Crippen LogP contribution in [0.25, 0.3) is 0 Å². The molecule has 116 valence electrons. The predicted molar refractivity (Wildman–Crippen MR) is 85.7 cm³/mol. The van der Waals surface area contributed by atoms with Crippen LogP contribution in [0, 0.1) is 0 Å². The molecule has 0 saturated carbocycles. The minimum Gasteiger partial charge on any atom is -0.394 e. The van der Waals surface area contributed by atoms with Gasteiger partial charge in [0, 0.05) is 7.05 Å². The molecule has 0 aromatic heterocycles. The number of nitrogens with two attached hydrogens (primary N) is 1. The lowest BCUT2D eigenvalue weighted by Crippen LogP contribution is -2.50. The van der Waals surface area contributed by atoms with Gasteiger partial charge in [0.25, 0.3) is 5.91 Å². The van der Waals surface area contributed by atoms with Crippen molar-refractivity contribution in [2.24, 2.45) is 5.84 Å². The van der Waals surface area contributed by atoms with Gasteiger partial charge in [0.2, 0.25) is 0 Å². The van der Waals surface area contributed by atoms with Gasteiger partial charge < -0.3 is 5.11 Å². The lowest BCUT2D eigenvalue weighted by Gasteiger charge is -2.26. The van der Waals surface area contributed by atoms with Crippen molar-refractivity contribution in [3.8, 4) is 0 Å². The van der Waals surface area contributed by atoms with E-state index in [1.165, 1.54) is 7.05 Å². The van der Waals surface area contributed by atoms with E-state index in [9.17, 15) is 9.90 Å². The fourth-order valence-electron chi connectivity index (χ4n) is 2.32. The third kappa shape index (κ3) is 3.92. The summed E-state index contributed by atoms with van der Waals surface area (Å²) < 4.78 is 0. The van der Waals surface area contributed by atoms with E-state index in [1.807, 2.05) is 60.7 Å². The van der Waals surface area contributed by atoms with Crippen molar-refractivity contribution in [2.45, 2.75) is 12.1 Å². The number of likely N-dealkylation sites (N-methyl/N-ethyl adjacent to an activating group) is 1. The van der Waals surface area contributed by atoms with Gasteiger partial charge in [0.15, 0.2) is 0 Å². The number of nitrogens with one attached hydrogen (secondary N) is 1. The molecule has 0 bridgehead atoms. The highest BCUT2D eigenvalue weighted by Gasteiger charge is 2.24. The van der Waals surface area contributed by atoms with Crippen molar-refractivity contribution >= 4 is 5.91 Å². The Bertz CT molecular complexity index is 548. The maximum atomic E-state index is 12.1. The Morgan fingerprint density at radius 1 is 1.09 bits per heavy atom. The van der Waals surface area contributed by atoms with Gasteiger partial charge in [-0.1, -0.05) is 60.7 Å². The molecule has 0 fully saturated rings. The number of aliphatic hydroxyl groups is 1. The first-order valence-corrected chi connectivity index (χ1v) is 7.12. The van der Waals surface area contributed by atoms with Gasteiger partial charge in [-0.2, -0.15) is 0 Å². The number of hydrogen-bond donors (Lipinski definition) is 3. The summed E-state index contributed by atoms with van der Waals surface area (Å²) in [6.07, 6.45) is 0. The predicted octanol–water partition coefficient (Wildman–Crippen LogP) is 1.06. The maximum absolute atomic E-state index is 12.1. The van der Waals surface area contributed by atoms with Gasteiger partial charge in [0.1, 0.15) is 6.04 Å². The zero-order valence-corrected chi connectivity index (χ0v) is 12.5. The number of amides is 1. The monoisotopic (exact) mass is 299 g/mol. The molecule has 5 heteroatoms.